The van der Waals surface area contributed by atoms with Crippen molar-refractivity contribution >= 4 is 10.0 Å². The van der Waals surface area contributed by atoms with Gasteiger partial charge < -0.3 is 10.1 Å². The summed E-state index contributed by atoms with van der Waals surface area (Å²) in [5, 5.41) is 4.90. The molecule has 0 bridgehead atoms. The predicted molar refractivity (Wildman–Crippen MR) is 60.3 cm³/mol. The number of hydrogen-bond acceptors (Lipinski definition) is 5. The molecule has 2 rings (SSSR count). The van der Waals surface area contributed by atoms with Crippen LogP contribution in [0.3, 0.4) is 0 Å². The maximum atomic E-state index is 11.8. The maximum Gasteiger partial charge on any atom is 0.226 e. The second-order valence-electron chi connectivity index (χ2n) is 4.27. The number of morpholine rings is 1. The number of sulfonamides is 1. The second kappa shape index (κ2) is 5.42. The minimum atomic E-state index is -3.21. The number of hydrogen-bond donors (Lipinski definition) is 2. The molecular weight excluding hydrogens is 230 g/mol. The van der Waals surface area contributed by atoms with Crippen LogP contribution in [0.5, 0.6) is 0 Å². The van der Waals surface area contributed by atoms with Crippen LogP contribution in [-0.2, 0) is 14.8 Å². The van der Waals surface area contributed by atoms with Gasteiger partial charge in [-0.3, -0.25) is 0 Å². The Morgan fingerprint density at radius 3 is 2.75 bits per heavy atom. The Morgan fingerprint density at radius 2 is 2.12 bits per heavy atom. The van der Waals surface area contributed by atoms with Gasteiger partial charge in [-0.2, -0.15) is 0 Å². The molecule has 0 aliphatic carbocycles. The summed E-state index contributed by atoms with van der Waals surface area (Å²) >= 11 is 0. The molecule has 2 aliphatic heterocycles. The molecule has 16 heavy (non-hydrogen) atoms. The monoisotopic (exact) mass is 249 g/mol. The molecule has 0 radical (unpaired) electrons. The lowest BCUT2D eigenvalue weighted by Crippen LogP contribution is -2.50. The van der Waals surface area contributed by atoms with Crippen LogP contribution in [0.1, 0.15) is 12.8 Å². The summed E-state index contributed by atoms with van der Waals surface area (Å²) in [6, 6.07) is 0.110. The van der Waals surface area contributed by atoms with E-state index in [2.05, 4.69) is 10.1 Å². The van der Waals surface area contributed by atoms with E-state index in [1.165, 1.54) is 0 Å². The Morgan fingerprint density at radius 1 is 1.38 bits per heavy atom. The number of rotatable bonds is 4. The van der Waals surface area contributed by atoms with Gasteiger partial charge in [0.2, 0.25) is 10.0 Å². The fourth-order valence-corrected chi connectivity index (χ4v) is 3.52. The van der Waals surface area contributed by atoms with E-state index >= 15 is 0 Å². The van der Waals surface area contributed by atoms with Crippen molar-refractivity contribution in [3.05, 3.63) is 0 Å². The Balaban J connectivity index is 1.81. The largest absolute Gasteiger partial charge is 0.379 e. The van der Waals surface area contributed by atoms with Gasteiger partial charge in [-0.05, 0) is 19.4 Å². The molecule has 0 aromatic carbocycles. The van der Waals surface area contributed by atoms with Gasteiger partial charge in [0.15, 0.2) is 0 Å². The van der Waals surface area contributed by atoms with Crippen molar-refractivity contribution in [3.63, 3.8) is 0 Å². The minimum Gasteiger partial charge on any atom is -0.379 e. The van der Waals surface area contributed by atoms with Gasteiger partial charge in [-0.25, -0.2) is 13.4 Å². The lowest BCUT2D eigenvalue weighted by Gasteiger charge is -2.27. The van der Waals surface area contributed by atoms with Crippen molar-refractivity contribution in [3.8, 4) is 0 Å². The van der Waals surface area contributed by atoms with Crippen molar-refractivity contribution in [2.45, 2.75) is 18.9 Å². The molecule has 7 heteroatoms. The summed E-state index contributed by atoms with van der Waals surface area (Å²) in [5.74, 6) is 0.171. The topological polar surface area (TPSA) is 70.7 Å². The normalized spacial score (nSPS) is 28.4. The number of ether oxygens (including phenoxy) is 1. The molecule has 2 fully saturated rings. The van der Waals surface area contributed by atoms with Crippen molar-refractivity contribution in [2.24, 2.45) is 0 Å². The zero-order chi connectivity index (χ0) is 11.4. The van der Waals surface area contributed by atoms with E-state index in [0.29, 0.717) is 26.3 Å². The Hall–Kier alpha value is -0.210. The lowest BCUT2D eigenvalue weighted by atomic mass is 10.3. The third-order valence-corrected chi connectivity index (χ3v) is 4.24. The second-order valence-corrected chi connectivity index (χ2v) is 6.01. The summed E-state index contributed by atoms with van der Waals surface area (Å²) in [7, 11) is -3.21. The molecule has 0 amide bonds. The van der Waals surface area contributed by atoms with Gasteiger partial charge in [-0.1, -0.05) is 0 Å². The molecular formula is C9H19N3O3S. The van der Waals surface area contributed by atoms with Crippen LogP contribution in [0.25, 0.3) is 0 Å². The first-order chi connectivity index (χ1) is 7.66. The van der Waals surface area contributed by atoms with Crippen LogP contribution < -0.4 is 10.1 Å². The molecule has 2 aliphatic rings. The first-order valence-electron chi connectivity index (χ1n) is 5.72. The summed E-state index contributed by atoms with van der Waals surface area (Å²) < 4.78 is 28.8. The molecule has 2 N–H and O–H groups in total. The molecule has 2 saturated heterocycles. The highest BCUT2D eigenvalue weighted by molar-refractivity contribution is 7.89. The third-order valence-electron chi connectivity index (χ3n) is 2.86. The van der Waals surface area contributed by atoms with E-state index < -0.39 is 10.0 Å². The summed E-state index contributed by atoms with van der Waals surface area (Å²) in [6.45, 7) is 3.35. The van der Waals surface area contributed by atoms with Gasteiger partial charge in [0, 0.05) is 19.1 Å². The predicted octanol–water partition coefficient (Wildman–Crippen LogP) is -1.09. The van der Waals surface area contributed by atoms with Gasteiger partial charge in [-0.15, -0.1) is 4.83 Å². The molecule has 1 unspecified atom stereocenters. The van der Waals surface area contributed by atoms with Gasteiger partial charge in [0.1, 0.15) is 0 Å². The quantitative estimate of drug-likeness (QED) is 0.662. The van der Waals surface area contributed by atoms with Crippen LogP contribution in [-0.4, -0.2) is 58.1 Å². The molecule has 0 aromatic heterocycles. The van der Waals surface area contributed by atoms with E-state index in [0.717, 1.165) is 19.4 Å². The van der Waals surface area contributed by atoms with Gasteiger partial charge >= 0.3 is 0 Å². The molecule has 0 spiro atoms. The Labute approximate surface area is 96.4 Å². The van der Waals surface area contributed by atoms with Crippen LogP contribution in [0.15, 0.2) is 0 Å². The fraction of sp³-hybridized carbons (Fsp3) is 1.00. The highest BCUT2D eigenvalue weighted by atomic mass is 32.2. The lowest BCUT2D eigenvalue weighted by molar-refractivity contribution is 0.0272. The van der Waals surface area contributed by atoms with Crippen molar-refractivity contribution < 1.29 is 13.2 Å². The Kier molecular flexibility index (Phi) is 4.15. The zero-order valence-electron chi connectivity index (χ0n) is 9.31. The van der Waals surface area contributed by atoms with Crippen LogP contribution in [0.4, 0.5) is 0 Å². The van der Waals surface area contributed by atoms with E-state index in [1.54, 1.807) is 5.01 Å². The van der Waals surface area contributed by atoms with Gasteiger partial charge in [0.25, 0.3) is 0 Å². The summed E-state index contributed by atoms with van der Waals surface area (Å²) in [6.07, 6.45) is 2.02. The highest BCUT2D eigenvalue weighted by Crippen LogP contribution is 2.07. The molecule has 0 saturated carbocycles. The molecule has 1 atom stereocenters. The average molecular weight is 249 g/mol. The first-order valence-corrected chi connectivity index (χ1v) is 7.37. The van der Waals surface area contributed by atoms with E-state index in [9.17, 15) is 8.42 Å². The van der Waals surface area contributed by atoms with Crippen LogP contribution >= 0.6 is 0 Å². The van der Waals surface area contributed by atoms with E-state index in [1.807, 2.05) is 0 Å². The van der Waals surface area contributed by atoms with E-state index in [-0.39, 0.29) is 11.8 Å². The fourth-order valence-electron chi connectivity index (χ4n) is 2.05. The molecule has 2 heterocycles. The van der Waals surface area contributed by atoms with Crippen molar-refractivity contribution in [1.29, 1.82) is 0 Å². The summed E-state index contributed by atoms with van der Waals surface area (Å²) in [4.78, 5) is 2.61. The minimum absolute atomic E-state index is 0.110. The number of hydrazine groups is 1. The number of nitrogens with zero attached hydrogens (tertiary/aromatic N) is 1. The Bertz CT molecular complexity index is 308. The maximum absolute atomic E-state index is 11.8. The summed E-state index contributed by atoms with van der Waals surface area (Å²) in [5.41, 5.74) is 0. The number of nitrogens with one attached hydrogen (secondary N) is 2. The molecule has 6 nitrogen and oxygen atoms in total. The van der Waals surface area contributed by atoms with Crippen LogP contribution in [0, 0.1) is 0 Å². The van der Waals surface area contributed by atoms with Gasteiger partial charge in [0.05, 0.1) is 19.0 Å². The third kappa shape index (κ3) is 3.67. The smallest absolute Gasteiger partial charge is 0.226 e. The van der Waals surface area contributed by atoms with Crippen molar-refractivity contribution in [1.82, 2.24) is 15.2 Å². The van der Waals surface area contributed by atoms with Crippen molar-refractivity contribution in [2.75, 3.05) is 38.6 Å². The first kappa shape index (κ1) is 12.3. The average Bonchev–Trinajstić information content (AvgIpc) is 2.70. The molecule has 0 aromatic rings. The standard InChI is InChI=1S/C9H19N3O3S/c13-16(14,8-9-2-1-3-10-9)11-12-4-6-15-7-5-12/h9-11H,1-8H2. The van der Waals surface area contributed by atoms with E-state index in [4.69, 9.17) is 4.74 Å². The molecule has 94 valence electrons. The van der Waals surface area contributed by atoms with Crippen LogP contribution in [0.2, 0.25) is 0 Å². The zero-order valence-corrected chi connectivity index (χ0v) is 10.1. The highest BCUT2D eigenvalue weighted by Gasteiger charge is 2.24. The SMILES string of the molecule is O=S(=O)(CC1CCCN1)NN1CCOCC1.